The number of nitrogens with one attached hydrogen (secondary N) is 1. The molecule has 2 heterocycles. The number of ether oxygens (including phenoxy) is 1. The molecular formula is C17H28N3O8PS. The number of carbonyl (C=O) groups is 2. The van der Waals surface area contributed by atoms with E-state index in [1.807, 2.05) is 0 Å². The molecule has 1 fully saturated rings. The maximum absolute atomic E-state index is 13.0. The fourth-order valence-electron chi connectivity index (χ4n) is 2.81. The molecule has 0 radical (unpaired) electrons. The Morgan fingerprint density at radius 3 is 2.70 bits per heavy atom. The van der Waals surface area contributed by atoms with E-state index in [0.29, 0.717) is 5.75 Å². The number of thioether (sulfide) groups is 1. The van der Waals surface area contributed by atoms with E-state index in [2.05, 4.69) is 11.9 Å². The zero-order valence-electron chi connectivity index (χ0n) is 17.3. The lowest BCUT2D eigenvalue weighted by atomic mass is 9.98. The van der Waals surface area contributed by atoms with Gasteiger partial charge in [0.1, 0.15) is 23.6 Å². The van der Waals surface area contributed by atoms with Crippen LogP contribution in [0.2, 0.25) is 0 Å². The highest BCUT2D eigenvalue weighted by molar-refractivity contribution is 8.13. The fraction of sp³-hybridized carbons (Fsp3) is 0.647. The number of nitrogens with zero attached hydrogens (tertiary/aromatic N) is 2. The van der Waals surface area contributed by atoms with Gasteiger partial charge < -0.3 is 25.2 Å². The summed E-state index contributed by atoms with van der Waals surface area (Å²) in [4.78, 5) is 23.8. The molecule has 2 aliphatic heterocycles. The summed E-state index contributed by atoms with van der Waals surface area (Å²) >= 11 is 1.04. The van der Waals surface area contributed by atoms with Crippen molar-refractivity contribution in [3.63, 3.8) is 0 Å². The second-order valence-electron chi connectivity index (χ2n) is 7.18. The Kier molecular flexibility index (Phi) is 8.28. The molecule has 0 aromatic heterocycles. The first-order valence-electron chi connectivity index (χ1n) is 9.10. The summed E-state index contributed by atoms with van der Waals surface area (Å²) in [5, 5.41) is 23.4. The SMILES string of the molecule is C=C1NC(=O)C=CN1[C@@H]1O[C@](C)(COP(=O)(OCCSC(C)=O)N(C)C)C(O)[C@@H]1O. The lowest BCUT2D eigenvalue weighted by Gasteiger charge is -2.34. The first-order chi connectivity index (χ1) is 13.9. The molecular weight excluding hydrogens is 437 g/mol. The van der Waals surface area contributed by atoms with Gasteiger partial charge in [-0.1, -0.05) is 18.3 Å². The van der Waals surface area contributed by atoms with Crippen molar-refractivity contribution in [3.8, 4) is 0 Å². The highest BCUT2D eigenvalue weighted by Gasteiger charge is 2.54. The van der Waals surface area contributed by atoms with Gasteiger partial charge in [-0.05, 0) is 21.0 Å². The summed E-state index contributed by atoms with van der Waals surface area (Å²) < 4.78 is 31.0. The molecule has 1 amide bonds. The van der Waals surface area contributed by atoms with Crippen LogP contribution in [0.15, 0.2) is 24.7 Å². The molecule has 2 aliphatic rings. The third kappa shape index (κ3) is 5.71. The lowest BCUT2D eigenvalue weighted by molar-refractivity contribution is -0.128. The third-order valence-electron chi connectivity index (χ3n) is 4.52. The molecule has 0 saturated carbocycles. The van der Waals surface area contributed by atoms with Gasteiger partial charge in [0.2, 0.25) is 0 Å². The highest BCUT2D eigenvalue weighted by atomic mass is 32.2. The predicted molar refractivity (Wildman–Crippen MR) is 110 cm³/mol. The number of aliphatic hydroxyl groups excluding tert-OH is 2. The zero-order valence-corrected chi connectivity index (χ0v) is 19.0. The Bertz CT molecular complexity index is 763. The third-order valence-corrected chi connectivity index (χ3v) is 7.24. The van der Waals surface area contributed by atoms with Crippen LogP contribution in [0.5, 0.6) is 0 Å². The van der Waals surface area contributed by atoms with Crippen molar-refractivity contribution >= 4 is 30.5 Å². The van der Waals surface area contributed by atoms with E-state index in [4.69, 9.17) is 13.8 Å². The first-order valence-corrected chi connectivity index (χ1v) is 11.6. The zero-order chi connectivity index (χ0) is 22.7. The minimum absolute atomic E-state index is 0.0170. The van der Waals surface area contributed by atoms with E-state index >= 15 is 0 Å². The molecule has 11 nitrogen and oxygen atoms in total. The Morgan fingerprint density at radius 1 is 1.47 bits per heavy atom. The Morgan fingerprint density at radius 2 is 2.13 bits per heavy atom. The van der Waals surface area contributed by atoms with Crippen LogP contribution in [-0.2, 0) is 27.9 Å². The van der Waals surface area contributed by atoms with Crippen LogP contribution in [0.25, 0.3) is 0 Å². The number of hydrogen-bond donors (Lipinski definition) is 3. The molecule has 2 rings (SSSR count). The quantitative estimate of drug-likeness (QED) is 0.318. The Hall–Kier alpha value is -1.24. The number of aliphatic hydroxyl groups is 2. The first kappa shape index (κ1) is 25.0. The largest absolute Gasteiger partial charge is 0.407 e. The molecule has 3 N–H and O–H groups in total. The van der Waals surface area contributed by atoms with Crippen LogP contribution in [0.1, 0.15) is 13.8 Å². The fourth-order valence-corrected chi connectivity index (χ4v) is 4.67. The minimum atomic E-state index is -3.73. The van der Waals surface area contributed by atoms with Gasteiger partial charge in [-0.3, -0.25) is 18.6 Å². The van der Waals surface area contributed by atoms with E-state index in [1.54, 1.807) is 0 Å². The van der Waals surface area contributed by atoms with Crippen molar-refractivity contribution in [2.45, 2.75) is 37.9 Å². The Labute approximate surface area is 179 Å². The van der Waals surface area contributed by atoms with E-state index in [9.17, 15) is 24.4 Å². The Balaban J connectivity index is 2.05. The van der Waals surface area contributed by atoms with Crippen LogP contribution in [0, 0.1) is 0 Å². The number of rotatable bonds is 9. The number of hydrogen-bond acceptors (Lipinski definition) is 10. The monoisotopic (exact) mass is 465 g/mol. The average Bonchev–Trinajstić information content (AvgIpc) is 2.88. The van der Waals surface area contributed by atoms with Gasteiger partial charge in [-0.2, -0.15) is 0 Å². The topological polar surface area (TPSA) is 138 Å². The lowest BCUT2D eigenvalue weighted by Crippen LogP contribution is -2.46. The molecule has 0 aliphatic carbocycles. The van der Waals surface area contributed by atoms with Gasteiger partial charge in [0.05, 0.1) is 13.2 Å². The van der Waals surface area contributed by atoms with Crippen molar-refractivity contribution in [1.82, 2.24) is 14.9 Å². The van der Waals surface area contributed by atoms with E-state index in [1.165, 1.54) is 49.8 Å². The van der Waals surface area contributed by atoms with Crippen LogP contribution in [-0.4, -0.2) is 87.9 Å². The molecule has 0 spiro atoms. The van der Waals surface area contributed by atoms with Crippen LogP contribution in [0.4, 0.5) is 0 Å². The van der Waals surface area contributed by atoms with Crippen molar-refractivity contribution in [2.24, 2.45) is 0 Å². The normalized spacial score (nSPS) is 31.2. The molecule has 1 saturated heterocycles. The summed E-state index contributed by atoms with van der Waals surface area (Å²) in [5.74, 6) is 0.111. The van der Waals surface area contributed by atoms with Gasteiger partial charge in [-0.15, -0.1) is 0 Å². The highest BCUT2D eigenvalue weighted by Crippen LogP contribution is 2.51. The molecule has 0 aromatic rings. The van der Waals surface area contributed by atoms with Crippen LogP contribution >= 0.6 is 19.5 Å². The van der Waals surface area contributed by atoms with E-state index in [-0.39, 0.29) is 30.1 Å². The average molecular weight is 465 g/mol. The standard InChI is InChI=1S/C17H28N3O8PS/c1-11-18-13(22)6-7-20(11)16-14(23)15(24)17(3,28-16)10-27-29(25,19(4)5)26-8-9-30-12(2)21/h6-7,14-16,23-24H,1,8-10H2,2-5H3,(H,18,22)/t14-,15?,16+,17+,29?/m0/s1. The van der Waals surface area contributed by atoms with Gasteiger partial charge in [0.15, 0.2) is 11.3 Å². The second kappa shape index (κ2) is 9.92. The maximum Gasteiger partial charge on any atom is 0.407 e. The predicted octanol–water partition coefficient (Wildman–Crippen LogP) is 0.222. The van der Waals surface area contributed by atoms with Crippen molar-refractivity contribution in [2.75, 3.05) is 33.1 Å². The van der Waals surface area contributed by atoms with E-state index in [0.717, 1.165) is 11.8 Å². The van der Waals surface area contributed by atoms with Gasteiger partial charge in [0, 0.05) is 25.0 Å². The molecule has 30 heavy (non-hydrogen) atoms. The summed E-state index contributed by atoms with van der Waals surface area (Å²) in [6.45, 7) is 6.29. The second-order valence-corrected chi connectivity index (χ2v) is 10.7. The van der Waals surface area contributed by atoms with Gasteiger partial charge >= 0.3 is 7.75 Å². The minimum Gasteiger partial charge on any atom is -0.387 e. The molecule has 0 aromatic carbocycles. The van der Waals surface area contributed by atoms with E-state index < -0.39 is 31.8 Å². The number of amides is 1. The molecule has 170 valence electrons. The molecule has 0 bridgehead atoms. The summed E-state index contributed by atoms with van der Waals surface area (Å²) in [6, 6.07) is 0. The van der Waals surface area contributed by atoms with Gasteiger partial charge in [-0.25, -0.2) is 9.24 Å². The van der Waals surface area contributed by atoms with Crippen molar-refractivity contribution in [1.29, 1.82) is 0 Å². The van der Waals surface area contributed by atoms with Crippen LogP contribution in [0.3, 0.4) is 0 Å². The summed E-state index contributed by atoms with van der Waals surface area (Å²) in [5.41, 5.74) is -1.43. The molecule has 5 atom stereocenters. The van der Waals surface area contributed by atoms with Crippen molar-refractivity contribution in [3.05, 3.63) is 24.7 Å². The molecule has 13 heteroatoms. The number of carbonyl (C=O) groups excluding carboxylic acids is 2. The summed E-state index contributed by atoms with van der Waals surface area (Å²) in [6.07, 6.45) is -1.18. The van der Waals surface area contributed by atoms with Crippen LogP contribution < -0.4 is 5.32 Å². The molecule has 2 unspecified atom stereocenters. The maximum atomic E-state index is 13.0. The summed E-state index contributed by atoms with van der Waals surface area (Å²) in [7, 11) is -0.711. The van der Waals surface area contributed by atoms with Crippen molar-refractivity contribution < 1.29 is 38.2 Å². The smallest absolute Gasteiger partial charge is 0.387 e. The van der Waals surface area contributed by atoms with Gasteiger partial charge in [0.25, 0.3) is 5.91 Å².